The van der Waals surface area contributed by atoms with Crippen molar-refractivity contribution in [1.29, 1.82) is 0 Å². The van der Waals surface area contributed by atoms with Crippen LogP contribution in [-0.4, -0.2) is 11.1 Å². The standard InChI is InChI=1S/C13H22O2/c1-3-5-6-7-8-9-10-11-12(4-2)13(14)15/h3,5-6,12H,1,4,7-11H2,2H3,(H,14,15). The van der Waals surface area contributed by atoms with Gasteiger partial charge in [0.2, 0.25) is 0 Å². The van der Waals surface area contributed by atoms with Crippen molar-refractivity contribution < 1.29 is 9.90 Å². The van der Waals surface area contributed by atoms with Crippen LogP contribution in [0.15, 0.2) is 24.8 Å². The van der Waals surface area contributed by atoms with Crippen molar-refractivity contribution in [3.8, 4) is 0 Å². The van der Waals surface area contributed by atoms with Gasteiger partial charge in [0.1, 0.15) is 0 Å². The van der Waals surface area contributed by atoms with Gasteiger partial charge in [0.15, 0.2) is 0 Å². The highest BCUT2D eigenvalue weighted by atomic mass is 16.4. The molecule has 0 aliphatic rings. The van der Waals surface area contributed by atoms with E-state index in [-0.39, 0.29) is 5.92 Å². The summed E-state index contributed by atoms with van der Waals surface area (Å²) in [6.07, 6.45) is 11.7. The number of carboxylic acid groups (broad SMARTS) is 1. The maximum absolute atomic E-state index is 10.7. The van der Waals surface area contributed by atoms with Crippen molar-refractivity contribution in [2.45, 2.75) is 45.4 Å². The van der Waals surface area contributed by atoms with E-state index in [9.17, 15) is 4.79 Å². The number of carbonyl (C=O) groups is 1. The van der Waals surface area contributed by atoms with Crippen molar-refractivity contribution in [2.75, 3.05) is 0 Å². The van der Waals surface area contributed by atoms with Crippen molar-refractivity contribution >= 4 is 5.97 Å². The van der Waals surface area contributed by atoms with Crippen LogP contribution in [0.5, 0.6) is 0 Å². The number of allylic oxidation sites excluding steroid dienone is 3. The highest BCUT2D eigenvalue weighted by Gasteiger charge is 2.13. The summed E-state index contributed by atoms with van der Waals surface area (Å²) in [6, 6.07) is 0. The highest BCUT2D eigenvalue weighted by Crippen LogP contribution is 2.14. The van der Waals surface area contributed by atoms with Gasteiger partial charge >= 0.3 is 5.97 Å². The van der Waals surface area contributed by atoms with Crippen LogP contribution in [0.4, 0.5) is 0 Å². The summed E-state index contributed by atoms with van der Waals surface area (Å²) >= 11 is 0. The Kier molecular flexibility index (Phi) is 8.84. The van der Waals surface area contributed by atoms with E-state index in [1.165, 1.54) is 0 Å². The third kappa shape index (κ3) is 7.98. The van der Waals surface area contributed by atoms with Crippen molar-refractivity contribution in [1.82, 2.24) is 0 Å². The molecule has 0 aromatic carbocycles. The Hall–Kier alpha value is -1.05. The second-order valence-corrected chi connectivity index (χ2v) is 3.75. The Morgan fingerprint density at radius 2 is 2.13 bits per heavy atom. The molecule has 0 amide bonds. The molecule has 0 aliphatic heterocycles. The van der Waals surface area contributed by atoms with E-state index >= 15 is 0 Å². The van der Waals surface area contributed by atoms with Crippen molar-refractivity contribution in [2.24, 2.45) is 5.92 Å². The average molecular weight is 210 g/mol. The second kappa shape index (κ2) is 9.50. The Labute approximate surface area is 92.7 Å². The van der Waals surface area contributed by atoms with Crippen LogP contribution in [-0.2, 0) is 4.79 Å². The van der Waals surface area contributed by atoms with Gasteiger partial charge in [0, 0.05) is 0 Å². The average Bonchev–Trinajstić information content (AvgIpc) is 2.21. The summed E-state index contributed by atoms with van der Waals surface area (Å²) in [7, 11) is 0. The first kappa shape index (κ1) is 13.9. The lowest BCUT2D eigenvalue weighted by Gasteiger charge is -2.08. The van der Waals surface area contributed by atoms with E-state index in [0.29, 0.717) is 0 Å². The molecule has 1 atom stereocenters. The smallest absolute Gasteiger partial charge is 0.306 e. The lowest BCUT2D eigenvalue weighted by Crippen LogP contribution is -2.12. The fraction of sp³-hybridized carbons (Fsp3) is 0.615. The molecule has 0 saturated heterocycles. The van der Waals surface area contributed by atoms with Gasteiger partial charge in [0.25, 0.3) is 0 Å². The highest BCUT2D eigenvalue weighted by molar-refractivity contribution is 5.69. The van der Waals surface area contributed by atoms with Gasteiger partial charge in [0.05, 0.1) is 5.92 Å². The molecule has 0 fully saturated rings. The van der Waals surface area contributed by atoms with Gasteiger partial charge in [-0.3, -0.25) is 4.79 Å². The molecule has 0 heterocycles. The fourth-order valence-electron chi connectivity index (χ4n) is 1.52. The molecule has 86 valence electrons. The van der Waals surface area contributed by atoms with E-state index in [2.05, 4.69) is 12.7 Å². The van der Waals surface area contributed by atoms with Crippen LogP contribution in [0.1, 0.15) is 45.4 Å². The normalized spacial score (nSPS) is 12.9. The molecule has 0 aliphatic carbocycles. The predicted molar refractivity (Wildman–Crippen MR) is 63.8 cm³/mol. The zero-order chi connectivity index (χ0) is 11.5. The van der Waals surface area contributed by atoms with Gasteiger partial charge in [-0.25, -0.2) is 0 Å². The molecular formula is C13H22O2. The fourth-order valence-corrected chi connectivity index (χ4v) is 1.52. The first-order chi connectivity index (χ1) is 7.22. The molecule has 1 N–H and O–H groups in total. The number of hydrogen-bond donors (Lipinski definition) is 1. The lowest BCUT2D eigenvalue weighted by atomic mass is 9.98. The molecule has 0 spiro atoms. The quantitative estimate of drug-likeness (QED) is 0.464. The zero-order valence-corrected chi connectivity index (χ0v) is 9.61. The molecular weight excluding hydrogens is 188 g/mol. The Bertz CT molecular complexity index is 207. The molecule has 2 nitrogen and oxygen atoms in total. The topological polar surface area (TPSA) is 37.3 Å². The van der Waals surface area contributed by atoms with Gasteiger partial charge in [-0.2, -0.15) is 0 Å². The van der Waals surface area contributed by atoms with E-state index in [0.717, 1.165) is 38.5 Å². The van der Waals surface area contributed by atoms with E-state index in [4.69, 9.17) is 5.11 Å². The van der Waals surface area contributed by atoms with Crippen LogP contribution in [0.2, 0.25) is 0 Å². The monoisotopic (exact) mass is 210 g/mol. The molecule has 0 radical (unpaired) electrons. The van der Waals surface area contributed by atoms with Gasteiger partial charge in [-0.1, -0.05) is 44.6 Å². The number of unbranched alkanes of at least 4 members (excludes halogenated alkanes) is 3. The largest absolute Gasteiger partial charge is 0.481 e. The van der Waals surface area contributed by atoms with E-state index < -0.39 is 5.97 Å². The summed E-state index contributed by atoms with van der Waals surface area (Å²) in [4.78, 5) is 10.7. The Morgan fingerprint density at radius 3 is 2.67 bits per heavy atom. The Balaban J connectivity index is 3.40. The molecule has 0 aromatic rings. The molecule has 0 bridgehead atoms. The van der Waals surface area contributed by atoms with Gasteiger partial charge in [-0.15, -0.1) is 0 Å². The summed E-state index contributed by atoms with van der Waals surface area (Å²) in [5.74, 6) is -0.794. The Morgan fingerprint density at radius 1 is 1.40 bits per heavy atom. The van der Waals surface area contributed by atoms with Gasteiger partial charge < -0.3 is 5.11 Å². The first-order valence-electron chi connectivity index (χ1n) is 5.72. The minimum absolute atomic E-state index is 0.145. The van der Waals surface area contributed by atoms with E-state index in [1.807, 2.05) is 13.0 Å². The van der Waals surface area contributed by atoms with Crippen LogP contribution < -0.4 is 0 Å². The predicted octanol–water partition coefficient (Wildman–Crippen LogP) is 3.79. The van der Waals surface area contributed by atoms with Crippen LogP contribution in [0.3, 0.4) is 0 Å². The summed E-state index contributed by atoms with van der Waals surface area (Å²) < 4.78 is 0. The third-order valence-electron chi connectivity index (χ3n) is 2.54. The van der Waals surface area contributed by atoms with Crippen LogP contribution >= 0.6 is 0 Å². The van der Waals surface area contributed by atoms with E-state index in [1.54, 1.807) is 6.08 Å². The molecule has 0 saturated carbocycles. The maximum Gasteiger partial charge on any atom is 0.306 e. The SMILES string of the molecule is C=CC=CCCCCCC(CC)C(=O)O. The molecule has 0 aromatic heterocycles. The summed E-state index contributed by atoms with van der Waals surface area (Å²) in [6.45, 7) is 5.53. The van der Waals surface area contributed by atoms with Crippen molar-refractivity contribution in [3.05, 3.63) is 24.8 Å². The molecule has 15 heavy (non-hydrogen) atoms. The third-order valence-corrected chi connectivity index (χ3v) is 2.54. The first-order valence-corrected chi connectivity index (χ1v) is 5.72. The second-order valence-electron chi connectivity index (χ2n) is 3.75. The zero-order valence-electron chi connectivity index (χ0n) is 9.61. The summed E-state index contributed by atoms with van der Waals surface area (Å²) in [5.41, 5.74) is 0. The molecule has 2 heteroatoms. The van der Waals surface area contributed by atoms with Gasteiger partial charge in [-0.05, 0) is 25.7 Å². The van der Waals surface area contributed by atoms with Crippen molar-refractivity contribution in [3.63, 3.8) is 0 Å². The molecule has 1 unspecified atom stereocenters. The maximum atomic E-state index is 10.7. The molecule has 0 rings (SSSR count). The number of aliphatic carboxylic acids is 1. The lowest BCUT2D eigenvalue weighted by molar-refractivity contribution is -0.142. The van der Waals surface area contributed by atoms with Crippen LogP contribution in [0.25, 0.3) is 0 Å². The minimum atomic E-state index is -0.649. The number of carboxylic acids is 1. The minimum Gasteiger partial charge on any atom is -0.481 e. The summed E-state index contributed by atoms with van der Waals surface area (Å²) in [5, 5.41) is 8.82. The number of hydrogen-bond acceptors (Lipinski definition) is 1. The number of rotatable bonds is 9. The van der Waals surface area contributed by atoms with Crippen LogP contribution in [0, 0.1) is 5.92 Å².